The van der Waals surface area contributed by atoms with Crippen molar-refractivity contribution in [2.45, 2.75) is 18.9 Å². The maximum atomic E-state index is 12.5. The molecule has 0 aliphatic rings. The van der Waals surface area contributed by atoms with Crippen molar-refractivity contribution in [2.24, 2.45) is 0 Å². The minimum atomic E-state index is -0.580. The number of amides is 2. The summed E-state index contributed by atoms with van der Waals surface area (Å²) in [6.45, 7) is 0. The zero-order valence-electron chi connectivity index (χ0n) is 17.8. The smallest absolute Gasteiger partial charge is 0.307 e. The highest BCUT2D eigenvalue weighted by molar-refractivity contribution is 6.06. The van der Waals surface area contributed by atoms with Crippen LogP contribution < -0.4 is 10.6 Å². The lowest BCUT2D eigenvalue weighted by atomic mass is 10.0. The van der Waals surface area contributed by atoms with Crippen LogP contribution in [0.3, 0.4) is 0 Å². The molecule has 0 aliphatic carbocycles. The fraction of sp³-hybridized carbons (Fsp3) is 0.167. The molecular weight excluding hydrogens is 426 g/mol. The Bertz CT molecular complexity index is 1130. The van der Waals surface area contributed by atoms with Crippen molar-refractivity contribution in [2.75, 3.05) is 12.4 Å². The van der Waals surface area contributed by atoms with E-state index in [1.807, 2.05) is 0 Å². The fourth-order valence-corrected chi connectivity index (χ4v) is 3.15. The Hall–Kier alpha value is -4.40. The van der Waals surface area contributed by atoms with Crippen LogP contribution in [0.2, 0.25) is 0 Å². The number of esters is 1. The molecule has 3 rings (SSSR count). The van der Waals surface area contributed by atoms with Crippen molar-refractivity contribution in [1.29, 1.82) is 0 Å². The van der Waals surface area contributed by atoms with Gasteiger partial charge in [-0.3, -0.25) is 19.4 Å². The van der Waals surface area contributed by atoms with Crippen LogP contribution >= 0.6 is 0 Å². The van der Waals surface area contributed by atoms with E-state index in [-0.39, 0.29) is 23.6 Å². The van der Waals surface area contributed by atoms with E-state index in [2.05, 4.69) is 15.6 Å². The number of hydrogen-bond donors (Lipinski definition) is 4. The molecule has 0 unspecified atom stereocenters. The lowest BCUT2D eigenvalue weighted by molar-refractivity contribution is -0.141. The number of phenolic OH excluding ortho intramolecular Hbond substituents is 2. The number of methoxy groups -OCH3 is 1. The number of para-hydroxylation sites is 1. The monoisotopic (exact) mass is 449 g/mol. The summed E-state index contributed by atoms with van der Waals surface area (Å²) in [6.07, 6.45) is 3.33. The molecule has 1 atom stereocenters. The van der Waals surface area contributed by atoms with Crippen LogP contribution in [0.15, 0.2) is 67.0 Å². The van der Waals surface area contributed by atoms with Crippen molar-refractivity contribution in [3.63, 3.8) is 0 Å². The maximum absolute atomic E-state index is 12.5. The summed E-state index contributed by atoms with van der Waals surface area (Å²) in [4.78, 5) is 40.6. The summed E-state index contributed by atoms with van der Waals surface area (Å²) >= 11 is 0. The van der Waals surface area contributed by atoms with Crippen LogP contribution in [0, 0.1) is 0 Å². The second-order valence-corrected chi connectivity index (χ2v) is 7.22. The van der Waals surface area contributed by atoms with Crippen molar-refractivity contribution in [3.05, 3.63) is 83.7 Å². The van der Waals surface area contributed by atoms with Gasteiger partial charge in [0.05, 0.1) is 24.7 Å². The highest BCUT2D eigenvalue weighted by Crippen LogP contribution is 2.28. The molecule has 0 saturated heterocycles. The molecule has 33 heavy (non-hydrogen) atoms. The summed E-state index contributed by atoms with van der Waals surface area (Å²) < 4.78 is 4.74. The summed E-state index contributed by atoms with van der Waals surface area (Å²) in [5.74, 6) is -2.28. The number of carbonyl (C=O) groups excluding carboxylic acids is 3. The quantitative estimate of drug-likeness (QED) is 0.306. The van der Waals surface area contributed by atoms with Gasteiger partial charge in [-0.1, -0.05) is 18.2 Å². The topological polar surface area (TPSA) is 138 Å². The van der Waals surface area contributed by atoms with Crippen molar-refractivity contribution in [3.8, 4) is 11.5 Å². The summed E-state index contributed by atoms with van der Waals surface area (Å²) in [7, 11) is 1.28. The lowest BCUT2D eigenvalue weighted by Gasteiger charge is -2.18. The van der Waals surface area contributed by atoms with E-state index in [1.165, 1.54) is 31.5 Å². The summed E-state index contributed by atoms with van der Waals surface area (Å²) in [5.41, 5.74) is 1.60. The summed E-state index contributed by atoms with van der Waals surface area (Å²) in [5, 5.41) is 24.9. The molecule has 9 heteroatoms. The van der Waals surface area contributed by atoms with E-state index in [9.17, 15) is 24.6 Å². The number of nitrogens with one attached hydrogen (secondary N) is 2. The first-order valence-corrected chi connectivity index (χ1v) is 10.1. The predicted octanol–water partition coefficient (Wildman–Crippen LogP) is 2.65. The number of hydrogen-bond acceptors (Lipinski definition) is 7. The molecule has 2 aromatic carbocycles. The summed E-state index contributed by atoms with van der Waals surface area (Å²) in [6, 6.07) is 13.7. The first-order valence-electron chi connectivity index (χ1n) is 10.1. The van der Waals surface area contributed by atoms with Gasteiger partial charge < -0.3 is 25.6 Å². The molecule has 0 aliphatic heterocycles. The van der Waals surface area contributed by atoms with Gasteiger partial charge in [0.1, 0.15) is 0 Å². The number of aromatic nitrogens is 1. The van der Waals surface area contributed by atoms with Crippen LogP contribution in [0.25, 0.3) is 0 Å². The van der Waals surface area contributed by atoms with Gasteiger partial charge in [0.15, 0.2) is 11.5 Å². The number of benzene rings is 2. The van der Waals surface area contributed by atoms with Gasteiger partial charge in [0.2, 0.25) is 0 Å². The lowest BCUT2D eigenvalue weighted by Crippen LogP contribution is -2.38. The number of nitrogens with zero attached hydrogens (tertiary/aromatic N) is 1. The van der Waals surface area contributed by atoms with Crippen LogP contribution in [0.5, 0.6) is 11.5 Å². The third-order valence-corrected chi connectivity index (χ3v) is 4.85. The molecule has 1 heterocycles. The molecule has 0 spiro atoms. The molecule has 2 amide bonds. The van der Waals surface area contributed by atoms with Gasteiger partial charge in [0, 0.05) is 24.1 Å². The predicted molar refractivity (Wildman–Crippen MR) is 120 cm³/mol. The number of ether oxygens (including phenoxy) is 1. The maximum Gasteiger partial charge on any atom is 0.307 e. The third kappa shape index (κ3) is 6.30. The van der Waals surface area contributed by atoms with Gasteiger partial charge in [-0.05, 0) is 48.4 Å². The Balaban J connectivity index is 1.68. The Morgan fingerprint density at radius 3 is 2.42 bits per heavy atom. The SMILES string of the molecule is COC(=O)C[C@@H](Cc1ccc(NC(=O)c2cccc(O)c2O)cc1)NC(=O)c1cccnc1. The molecular formula is C24H23N3O6. The normalized spacial score (nSPS) is 11.3. The zero-order valence-corrected chi connectivity index (χ0v) is 17.8. The van der Waals surface area contributed by atoms with E-state index < -0.39 is 23.7 Å². The van der Waals surface area contributed by atoms with Gasteiger partial charge >= 0.3 is 5.97 Å². The highest BCUT2D eigenvalue weighted by Gasteiger charge is 2.19. The van der Waals surface area contributed by atoms with Crippen LogP contribution in [-0.4, -0.2) is 46.1 Å². The van der Waals surface area contributed by atoms with Crippen molar-refractivity contribution >= 4 is 23.5 Å². The fourth-order valence-electron chi connectivity index (χ4n) is 3.15. The minimum Gasteiger partial charge on any atom is -0.504 e. The minimum absolute atomic E-state index is 0.0161. The zero-order chi connectivity index (χ0) is 23.8. The highest BCUT2D eigenvalue weighted by atomic mass is 16.5. The standard InChI is InChI=1S/C24H23N3O6/c1-33-21(29)13-18(27-23(31)16-4-3-11-25-14-16)12-15-7-9-17(10-8-15)26-24(32)19-5-2-6-20(28)22(19)30/h2-11,14,18,28,30H,12-13H2,1H3,(H,26,32)(H,27,31)/t18-/m1/s1. The van der Waals surface area contributed by atoms with E-state index in [0.717, 1.165) is 5.56 Å². The van der Waals surface area contributed by atoms with Crippen molar-refractivity contribution in [1.82, 2.24) is 10.3 Å². The number of anilines is 1. The molecule has 3 aromatic rings. The molecule has 170 valence electrons. The first-order chi connectivity index (χ1) is 15.9. The Morgan fingerprint density at radius 2 is 1.76 bits per heavy atom. The van der Waals surface area contributed by atoms with E-state index in [1.54, 1.807) is 42.6 Å². The molecule has 0 bridgehead atoms. The van der Waals surface area contributed by atoms with Crippen LogP contribution in [-0.2, 0) is 16.0 Å². The second kappa shape index (κ2) is 10.8. The van der Waals surface area contributed by atoms with Gasteiger partial charge in [-0.15, -0.1) is 0 Å². The third-order valence-electron chi connectivity index (χ3n) is 4.85. The van der Waals surface area contributed by atoms with E-state index >= 15 is 0 Å². The van der Waals surface area contributed by atoms with E-state index in [4.69, 9.17) is 4.74 Å². The molecule has 4 N–H and O–H groups in total. The Kier molecular flexibility index (Phi) is 7.59. The number of pyridine rings is 1. The first kappa shape index (κ1) is 23.3. The Morgan fingerprint density at radius 1 is 1.00 bits per heavy atom. The molecule has 0 saturated carbocycles. The molecule has 0 radical (unpaired) electrons. The van der Waals surface area contributed by atoms with Gasteiger partial charge in [-0.2, -0.15) is 0 Å². The number of rotatable bonds is 8. The molecule has 9 nitrogen and oxygen atoms in total. The number of phenols is 2. The molecule has 1 aromatic heterocycles. The Labute approximate surface area is 190 Å². The average molecular weight is 449 g/mol. The second-order valence-electron chi connectivity index (χ2n) is 7.22. The number of carbonyl (C=O) groups is 3. The van der Waals surface area contributed by atoms with E-state index in [0.29, 0.717) is 17.7 Å². The van der Waals surface area contributed by atoms with Crippen LogP contribution in [0.1, 0.15) is 32.7 Å². The van der Waals surface area contributed by atoms with Gasteiger partial charge in [0.25, 0.3) is 11.8 Å². The van der Waals surface area contributed by atoms with Crippen LogP contribution in [0.4, 0.5) is 5.69 Å². The largest absolute Gasteiger partial charge is 0.504 e. The van der Waals surface area contributed by atoms with Gasteiger partial charge in [-0.25, -0.2) is 0 Å². The molecule has 0 fully saturated rings. The average Bonchev–Trinajstić information content (AvgIpc) is 2.82. The number of aromatic hydroxyl groups is 2. The van der Waals surface area contributed by atoms with Crippen molar-refractivity contribution < 1.29 is 29.3 Å².